The van der Waals surface area contributed by atoms with Crippen LogP contribution in [0.25, 0.3) is 0 Å². The molecule has 0 aliphatic carbocycles. The van der Waals surface area contributed by atoms with Gasteiger partial charge in [-0.25, -0.2) is 0 Å². The number of hydrogen-bond acceptors (Lipinski definition) is 3. The number of methoxy groups -OCH3 is 1. The van der Waals surface area contributed by atoms with Crippen LogP contribution in [0.2, 0.25) is 0 Å². The maximum Gasteiger partial charge on any atom is 0.394 e. The quantitative estimate of drug-likeness (QED) is 0.709. The van der Waals surface area contributed by atoms with Crippen LogP contribution >= 0.6 is 0 Å². The fourth-order valence-corrected chi connectivity index (χ4v) is 1.22. The Morgan fingerprint density at radius 1 is 1.40 bits per heavy atom. The molecule has 0 aliphatic heterocycles. The average Bonchev–Trinajstić information content (AvgIpc) is 2.16. The molecule has 0 aromatic heterocycles. The van der Waals surface area contributed by atoms with Crippen molar-refractivity contribution >= 4 is 0 Å². The summed E-state index contributed by atoms with van der Waals surface area (Å²) in [5.74, 6) is -1.45. The third-order valence-electron chi connectivity index (χ3n) is 2.28. The topological polar surface area (TPSA) is 38.5 Å². The first-order chi connectivity index (χ1) is 6.95. The van der Waals surface area contributed by atoms with Gasteiger partial charge in [0.15, 0.2) is 0 Å². The van der Waals surface area contributed by atoms with Gasteiger partial charge in [-0.05, 0) is 6.54 Å². The largest absolute Gasteiger partial charge is 0.394 e. The van der Waals surface area contributed by atoms with Gasteiger partial charge in [-0.2, -0.15) is 13.2 Å². The van der Waals surface area contributed by atoms with Crippen molar-refractivity contribution in [1.82, 2.24) is 4.90 Å². The average molecular weight is 228 g/mol. The Morgan fingerprint density at radius 3 is 2.33 bits per heavy atom. The lowest BCUT2D eigenvalue weighted by atomic mass is 10.1. The van der Waals surface area contributed by atoms with Crippen LogP contribution in [0.5, 0.6) is 0 Å². The Hall–Kier alpha value is -0.330. The van der Waals surface area contributed by atoms with Gasteiger partial charge in [0.05, 0.1) is 12.5 Å². The summed E-state index contributed by atoms with van der Waals surface area (Å²) in [4.78, 5) is 1.69. The molecule has 0 saturated carbocycles. The lowest BCUT2D eigenvalue weighted by Gasteiger charge is -2.26. The number of ether oxygens (including phenoxy) is 1. The molecule has 6 heteroatoms. The van der Waals surface area contributed by atoms with Gasteiger partial charge >= 0.3 is 6.18 Å². The molecule has 0 saturated heterocycles. The molecule has 0 radical (unpaired) electrons. The molecule has 0 aromatic carbocycles. The Bertz CT molecular complexity index is 164. The van der Waals surface area contributed by atoms with E-state index in [4.69, 9.17) is 10.5 Å². The molecule has 3 nitrogen and oxygen atoms in total. The molecule has 0 spiro atoms. The first kappa shape index (κ1) is 14.7. The van der Waals surface area contributed by atoms with Gasteiger partial charge in [-0.3, -0.25) is 0 Å². The number of alkyl halides is 3. The first-order valence-corrected chi connectivity index (χ1v) is 4.93. The molecular formula is C9H19F3N2O. The van der Waals surface area contributed by atoms with Gasteiger partial charge in [-0.1, -0.05) is 6.92 Å². The van der Waals surface area contributed by atoms with Crippen molar-refractivity contribution in [2.45, 2.75) is 13.1 Å². The van der Waals surface area contributed by atoms with E-state index < -0.39 is 12.1 Å². The minimum Gasteiger partial charge on any atom is -0.383 e. The fourth-order valence-electron chi connectivity index (χ4n) is 1.22. The van der Waals surface area contributed by atoms with Crippen molar-refractivity contribution in [2.24, 2.45) is 11.7 Å². The summed E-state index contributed by atoms with van der Waals surface area (Å²) in [6, 6.07) is 0. The summed E-state index contributed by atoms with van der Waals surface area (Å²) in [6.45, 7) is 2.89. The third kappa shape index (κ3) is 5.96. The van der Waals surface area contributed by atoms with Crippen molar-refractivity contribution in [1.29, 1.82) is 0 Å². The predicted molar refractivity (Wildman–Crippen MR) is 52.6 cm³/mol. The molecular weight excluding hydrogens is 209 g/mol. The van der Waals surface area contributed by atoms with Crippen molar-refractivity contribution in [2.75, 3.05) is 39.9 Å². The summed E-state index contributed by atoms with van der Waals surface area (Å²) >= 11 is 0. The maximum atomic E-state index is 12.4. The van der Waals surface area contributed by atoms with Gasteiger partial charge in [0.1, 0.15) is 0 Å². The highest BCUT2D eigenvalue weighted by Gasteiger charge is 2.39. The molecule has 0 rings (SSSR count). The molecule has 0 fully saturated rings. The number of likely N-dealkylation sites (N-methyl/N-ethyl adjacent to an activating group) is 1. The first-order valence-electron chi connectivity index (χ1n) is 4.93. The molecule has 0 heterocycles. The Balaban J connectivity index is 4.12. The zero-order valence-corrected chi connectivity index (χ0v) is 9.18. The molecule has 92 valence electrons. The molecule has 2 N–H and O–H groups in total. The number of nitrogens with zero attached hydrogens (tertiary/aromatic N) is 1. The lowest BCUT2D eigenvalue weighted by molar-refractivity contribution is -0.176. The Morgan fingerprint density at radius 2 is 2.00 bits per heavy atom. The van der Waals surface area contributed by atoms with Crippen LogP contribution in [0, 0.1) is 5.92 Å². The van der Waals surface area contributed by atoms with E-state index in [1.165, 1.54) is 7.11 Å². The summed E-state index contributed by atoms with van der Waals surface area (Å²) in [5, 5.41) is 0. The number of hydrogen-bond donors (Lipinski definition) is 1. The SMILES string of the molecule is CCN(CCOC)CC(CN)C(F)(F)F. The monoisotopic (exact) mass is 228 g/mol. The van der Waals surface area contributed by atoms with Crippen LogP contribution in [0.4, 0.5) is 13.2 Å². The van der Waals surface area contributed by atoms with E-state index in [1.54, 1.807) is 4.90 Å². The van der Waals surface area contributed by atoms with Gasteiger partial charge in [0.2, 0.25) is 0 Å². The molecule has 1 unspecified atom stereocenters. The van der Waals surface area contributed by atoms with E-state index in [1.807, 2.05) is 6.92 Å². The van der Waals surface area contributed by atoms with E-state index in [0.29, 0.717) is 19.7 Å². The van der Waals surface area contributed by atoms with Gasteiger partial charge in [-0.15, -0.1) is 0 Å². The molecule has 1 atom stereocenters. The Kier molecular flexibility index (Phi) is 6.87. The van der Waals surface area contributed by atoms with E-state index in [-0.39, 0.29) is 13.1 Å². The highest BCUT2D eigenvalue weighted by molar-refractivity contribution is 4.72. The fraction of sp³-hybridized carbons (Fsp3) is 1.00. The highest BCUT2D eigenvalue weighted by Crippen LogP contribution is 2.25. The van der Waals surface area contributed by atoms with Crippen LogP contribution in [-0.4, -0.2) is 51.0 Å². The van der Waals surface area contributed by atoms with Crippen LogP contribution in [0.1, 0.15) is 6.92 Å². The minimum atomic E-state index is -4.21. The summed E-state index contributed by atoms with van der Waals surface area (Å²) in [7, 11) is 1.53. The van der Waals surface area contributed by atoms with E-state index in [2.05, 4.69) is 0 Å². The van der Waals surface area contributed by atoms with Crippen LogP contribution in [0.15, 0.2) is 0 Å². The molecule has 0 amide bonds. The summed E-state index contributed by atoms with van der Waals surface area (Å²) < 4.78 is 42.0. The second-order valence-electron chi connectivity index (χ2n) is 3.36. The maximum absolute atomic E-state index is 12.4. The van der Waals surface area contributed by atoms with Crippen LogP contribution in [-0.2, 0) is 4.74 Å². The van der Waals surface area contributed by atoms with Gasteiger partial charge < -0.3 is 15.4 Å². The number of halogens is 3. The van der Waals surface area contributed by atoms with Crippen LogP contribution < -0.4 is 5.73 Å². The zero-order valence-electron chi connectivity index (χ0n) is 9.18. The molecule has 0 bridgehead atoms. The van der Waals surface area contributed by atoms with Crippen molar-refractivity contribution in [3.05, 3.63) is 0 Å². The predicted octanol–water partition coefficient (Wildman–Crippen LogP) is 1.09. The van der Waals surface area contributed by atoms with Crippen LogP contribution in [0.3, 0.4) is 0 Å². The smallest absolute Gasteiger partial charge is 0.383 e. The highest BCUT2D eigenvalue weighted by atomic mass is 19.4. The van der Waals surface area contributed by atoms with E-state index >= 15 is 0 Å². The van der Waals surface area contributed by atoms with Crippen molar-refractivity contribution in [3.63, 3.8) is 0 Å². The number of nitrogens with two attached hydrogens (primary N) is 1. The van der Waals surface area contributed by atoms with E-state index in [9.17, 15) is 13.2 Å². The summed E-state index contributed by atoms with van der Waals surface area (Å²) in [6.07, 6.45) is -4.21. The second kappa shape index (κ2) is 7.03. The Labute approximate surface area is 88.4 Å². The number of rotatable bonds is 7. The minimum absolute atomic E-state index is 0.0557. The van der Waals surface area contributed by atoms with E-state index in [0.717, 1.165) is 0 Å². The van der Waals surface area contributed by atoms with Gasteiger partial charge in [0.25, 0.3) is 0 Å². The lowest BCUT2D eigenvalue weighted by Crippen LogP contribution is -2.41. The third-order valence-corrected chi connectivity index (χ3v) is 2.28. The molecule has 15 heavy (non-hydrogen) atoms. The normalized spacial score (nSPS) is 14.6. The summed E-state index contributed by atoms with van der Waals surface area (Å²) in [5.41, 5.74) is 5.11. The van der Waals surface area contributed by atoms with Gasteiger partial charge in [0, 0.05) is 26.7 Å². The second-order valence-corrected chi connectivity index (χ2v) is 3.36. The standard InChI is InChI=1S/C9H19F3N2O/c1-3-14(4-5-15-2)7-8(6-13)9(10,11)12/h8H,3-7,13H2,1-2H3. The van der Waals surface area contributed by atoms with Crippen molar-refractivity contribution < 1.29 is 17.9 Å². The zero-order chi connectivity index (χ0) is 11.9. The molecule has 0 aliphatic rings. The molecule has 0 aromatic rings. The van der Waals surface area contributed by atoms with Crippen molar-refractivity contribution in [3.8, 4) is 0 Å².